The molecule has 0 N–H and O–H groups in total. The van der Waals surface area contributed by atoms with Crippen LogP contribution in [0, 0.1) is 5.41 Å². The van der Waals surface area contributed by atoms with Gasteiger partial charge in [0.25, 0.3) is 0 Å². The SMILES string of the molecule is CCCCCCCCCCCCOC(=O)C(CC)(CC)C(=O)Oc1cccc(CC)c1. The number of benzene rings is 1. The molecule has 0 aromatic heterocycles. The first-order valence-corrected chi connectivity index (χ1v) is 12.5. The largest absolute Gasteiger partial charge is 0.465 e. The predicted octanol–water partition coefficient (Wildman–Crippen LogP) is 7.42. The molecular formula is C27H44O4. The van der Waals surface area contributed by atoms with E-state index in [-0.39, 0.29) is 0 Å². The fourth-order valence-corrected chi connectivity index (χ4v) is 3.84. The van der Waals surface area contributed by atoms with Crippen LogP contribution in [-0.4, -0.2) is 18.5 Å². The number of hydrogen-bond acceptors (Lipinski definition) is 4. The van der Waals surface area contributed by atoms with Crippen molar-refractivity contribution in [2.24, 2.45) is 5.41 Å². The Hall–Kier alpha value is -1.84. The molecule has 0 heterocycles. The van der Waals surface area contributed by atoms with Gasteiger partial charge in [0.05, 0.1) is 6.61 Å². The van der Waals surface area contributed by atoms with Crippen molar-refractivity contribution >= 4 is 11.9 Å². The molecule has 31 heavy (non-hydrogen) atoms. The van der Waals surface area contributed by atoms with Crippen molar-refractivity contribution < 1.29 is 19.1 Å². The van der Waals surface area contributed by atoms with Crippen LogP contribution in [0.15, 0.2) is 24.3 Å². The van der Waals surface area contributed by atoms with Crippen molar-refractivity contribution in [2.75, 3.05) is 6.61 Å². The summed E-state index contributed by atoms with van der Waals surface area (Å²) >= 11 is 0. The van der Waals surface area contributed by atoms with Crippen LogP contribution >= 0.6 is 0 Å². The number of unbranched alkanes of at least 4 members (excludes halogenated alkanes) is 9. The van der Waals surface area contributed by atoms with E-state index in [2.05, 4.69) is 6.92 Å². The molecule has 0 radical (unpaired) electrons. The molecule has 0 saturated carbocycles. The van der Waals surface area contributed by atoms with E-state index in [4.69, 9.17) is 9.47 Å². The molecular weight excluding hydrogens is 388 g/mol. The van der Waals surface area contributed by atoms with Gasteiger partial charge in [0.2, 0.25) is 0 Å². The van der Waals surface area contributed by atoms with E-state index in [1.807, 2.05) is 39.0 Å². The lowest BCUT2D eigenvalue weighted by molar-refractivity contribution is -0.168. The van der Waals surface area contributed by atoms with Crippen molar-refractivity contribution in [2.45, 2.75) is 111 Å². The summed E-state index contributed by atoms with van der Waals surface area (Å²) in [6.45, 7) is 8.35. The lowest BCUT2D eigenvalue weighted by Gasteiger charge is -2.26. The number of aryl methyl sites for hydroxylation is 1. The molecule has 0 bridgehead atoms. The molecule has 4 nitrogen and oxygen atoms in total. The molecule has 0 saturated heterocycles. The summed E-state index contributed by atoms with van der Waals surface area (Å²) < 4.78 is 11.1. The monoisotopic (exact) mass is 432 g/mol. The fraction of sp³-hybridized carbons (Fsp3) is 0.704. The Morgan fingerprint density at radius 2 is 1.35 bits per heavy atom. The summed E-state index contributed by atoms with van der Waals surface area (Å²) in [5.41, 5.74) is -0.145. The second-order valence-electron chi connectivity index (χ2n) is 8.50. The molecule has 1 aromatic rings. The standard InChI is InChI=1S/C27H44O4/c1-5-9-10-11-12-13-14-15-16-17-21-30-25(28)27(7-3,8-4)26(29)31-24-20-18-19-23(6-2)22-24/h18-20,22H,5-17,21H2,1-4H3. The molecule has 0 aliphatic carbocycles. The summed E-state index contributed by atoms with van der Waals surface area (Å²) in [6, 6.07) is 7.46. The van der Waals surface area contributed by atoms with Gasteiger partial charge in [-0.1, -0.05) is 97.6 Å². The molecule has 1 rings (SSSR count). The van der Waals surface area contributed by atoms with E-state index in [0.29, 0.717) is 25.2 Å². The van der Waals surface area contributed by atoms with Gasteiger partial charge in [-0.15, -0.1) is 0 Å². The third-order valence-corrected chi connectivity index (χ3v) is 6.24. The van der Waals surface area contributed by atoms with E-state index >= 15 is 0 Å². The zero-order valence-electron chi connectivity index (χ0n) is 20.3. The quantitative estimate of drug-likeness (QED) is 0.111. The minimum absolute atomic E-state index is 0.368. The molecule has 0 aliphatic heterocycles. The van der Waals surface area contributed by atoms with Crippen molar-refractivity contribution in [1.82, 2.24) is 0 Å². The minimum Gasteiger partial charge on any atom is -0.465 e. The maximum atomic E-state index is 12.9. The fourth-order valence-electron chi connectivity index (χ4n) is 3.84. The Morgan fingerprint density at radius 1 is 0.774 bits per heavy atom. The van der Waals surface area contributed by atoms with Crippen LogP contribution in [0.4, 0.5) is 0 Å². The van der Waals surface area contributed by atoms with Crippen LogP contribution in [-0.2, 0) is 20.7 Å². The number of rotatable bonds is 17. The van der Waals surface area contributed by atoms with Gasteiger partial charge in [0.15, 0.2) is 5.41 Å². The van der Waals surface area contributed by atoms with Gasteiger partial charge < -0.3 is 9.47 Å². The highest BCUT2D eigenvalue weighted by Gasteiger charge is 2.46. The van der Waals surface area contributed by atoms with E-state index in [0.717, 1.165) is 24.8 Å². The molecule has 4 heteroatoms. The Kier molecular flexibility index (Phi) is 13.9. The smallest absolute Gasteiger partial charge is 0.328 e. The third kappa shape index (κ3) is 9.45. The lowest BCUT2D eigenvalue weighted by atomic mass is 9.82. The van der Waals surface area contributed by atoms with Crippen molar-refractivity contribution in [3.63, 3.8) is 0 Å². The zero-order chi connectivity index (χ0) is 23.0. The summed E-state index contributed by atoms with van der Waals surface area (Å²) in [4.78, 5) is 25.7. The molecule has 1 aromatic carbocycles. The first-order valence-electron chi connectivity index (χ1n) is 12.5. The molecule has 0 atom stereocenters. The number of carbonyl (C=O) groups is 2. The maximum Gasteiger partial charge on any atom is 0.328 e. The number of hydrogen-bond donors (Lipinski definition) is 0. The predicted molar refractivity (Wildman–Crippen MR) is 127 cm³/mol. The Labute approximate surface area is 190 Å². The van der Waals surface area contributed by atoms with Crippen LogP contribution in [0.3, 0.4) is 0 Å². The number of ether oxygens (including phenoxy) is 2. The Balaban J connectivity index is 2.40. The Morgan fingerprint density at radius 3 is 1.90 bits per heavy atom. The maximum absolute atomic E-state index is 12.9. The highest BCUT2D eigenvalue weighted by atomic mass is 16.6. The normalized spacial score (nSPS) is 11.4. The van der Waals surface area contributed by atoms with Crippen molar-refractivity contribution in [3.8, 4) is 5.75 Å². The molecule has 0 fully saturated rings. The van der Waals surface area contributed by atoms with Gasteiger partial charge in [-0.2, -0.15) is 0 Å². The van der Waals surface area contributed by atoms with E-state index in [1.165, 1.54) is 51.4 Å². The average Bonchev–Trinajstić information content (AvgIpc) is 2.78. The Bertz CT molecular complexity index is 634. The van der Waals surface area contributed by atoms with Gasteiger partial charge in [-0.3, -0.25) is 9.59 Å². The lowest BCUT2D eigenvalue weighted by Crippen LogP contribution is -2.42. The third-order valence-electron chi connectivity index (χ3n) is 6.24. The average molecular weight is 433 g/mol. The highest BCUT2D eigenvalue weighted by molar-refractivity contribution is 6.00. The summed E-state index contributed by atoms with van der Waals surface area (Å²) in [7, 11) is 0. The summed E-state index contributed by atoms with van der Waals surface area (Å²) in [5, 5.41) is 0. The molecule has 176 valence electrons. The minimum atomic E-state index is -1.24. The van der Waals surface area contributed by atoms with Crippen LogP contribution in [0.5, 0.6) is 5.75 Å². The number of carbonyl (C=O) groups excluding carboxylic acids is 2. The summed E-state index contributed by atoms with van der Waals surface area (Å²) in [6.07, 6.45) is 13.9. The van der Waals surface area contributed by atoms with E-state index in [1.54, 1.807) is 6.07 Å². The van der Waals surface area contributed by atoms with Crippen LogP contribution in [0.2, 0.25) is 0 Å². The van der Waals surface area contributed by atoms with E-state index in [9.17, 15) is 9.59 Å². The van der Waals surface area contributed by atoms with Gasteiger partial charge in [-0.25, -0.2) is 0 Å². The zero-order valence-corrected chi connectivity index (χ0v) is 20.3. The van der Waals surface area contributed by atoms with Gasteiger partial charge in [-0.05, 0) is 43.4 Å². The highest BCUT2D eigenvalue weighted by Crippen LogP contribution is 2.31. The van der Waals surface area contributed by atoms with Crippen LogP contribution in [0.1, 0.15) is 110 Å². The van der Waals surface area contributed by atoms with Gasteiger partial charge >= 0.3 is 11.9 Å². The molecule has 0 aliphatic rings. The number of esters is 2. The topological polar surface area (TPSA) is 52.6 Å². The van der Waals surface area contributed by atoms with Crippen molar-refractivity contribution in [1.29, 1.82) is 0 Å². The van der Waals surface area contributed by atoms with Crippen LogP contribution < -0.4 is 4.74 Å². The second kappa shape index (κ2) is 15.9. The summed E-state index contributed by atoms with van der Waals surface area (Å²) in [5.74, 6) is -0.484. The second-order valence-corrected chi connectivity index (χ2v) is 8.50. The first kappa shape index (κ1) is 27.2. The van der Waals surface area contributed by atoms with E-state index < -0.39 is 17.4 Å². The molecule has 0 unspecified atom stereocenters. The first-order chi connectivity index (χ1) is 15.0. The molecule has 0 spiro atoms. The van der Waals surface area contributed by atoms with Gasteiger partial charge in [0, 0.05) is 0 Å². The van der Waals surface area contributed by atoms with Crippen LogP contribution in [0.25, 0.3) is 0 Å². The van der Waals surface area contributed by atoms with Gasteiger partial charge in [0.1, 0.15) is 5.75 Å². The molecule has 0 amide bonds. The van der Waals surface area contributed by atoms with Crippen molar-refractivity contribution in [3.05, 3.63) is 29.8 Å².